The second-order valence-corrected chi connectivity index (χ2v) is 6.79. The quantitative estimate of drug-likeness (QED) is 0.750. The van der Waals surface area contributed by atoms with Crippen LogP contribution in [0.15, 0.2) is 11.6 Å². The van der Waals surface area contributed by atoms with Gasteiger partial charge in [-0.05, 0) is 37.6 Å². The first-order chi connectivity index (χ1) is 9.00. The van der Waals surface area contributed by atoms with Crippen molar-refractivity contribution < 1.29 is 4.74 Å². The molecule has 0 saturated carbocycles. The van der Waals surface area contributed by atoms with Crippen molar-refractivity contribution in [3.63, 3.8) is 0 Å². The Kier molecular flexibility index (Phi) is 7.09. The third kappa shape index (κ3) is 5.27. The van der Waals surface area contributed by atoms with Gasteiger partial charge < -0.3 is 10.1 Å². The van der Waals surface area contributed by atoms with E-state index in [4.69, 9.17) is 4.74 Å². The van der Waals surface area contributed by atoms with Gasteiger partial charge in [0.1, 0.15) is 0 Å². The standard InChI is InChI=1S/C17H33NO/c1-6-18-15(16(19-5)17(2,3)4)14-12-10-8-7-9-11-13-14/h12,15-16,18H,6-11,13H2,1-5H3. The second-order valence-electron chi connectivity index (χ2n) is 6.79. The summed E-state index contributed by atoms with van der Waals surface area (Å²) in [6.07, 6.45) is 10.6. The van der Waals surface area contributed by atoms with Gasteiger partial charge in [-0.2, -0.15) is 0 Å². The van der Waals surface area contributed by atoms with Crippen LogP contribution in [0.3, 0.4) is 0 Å². The molecule has 0 aliphatic heterocycles. The first kappa shape index (κ1) is 16.7. The van der Waals surface area contributed by atoms with Crippen LogP contribution in [-0.2, 0) is 4.74 Å². The first-order valence-electron chi connectivity index (χ1n) is 7.95. The highest BCUT2D eigenvalue weighted by atomic mass is 16.5. The summed E-state index contributed by atoms with van der Waals surface area (Å²) in [6, 6.07) is 0.369. The minimum atomic E-state index is 0.158. The van der Waals surface area contributed by atoms with E-state index in [9.17, 15) is 0 Å². The molecule has 0 aromatic rings. The smallest absolute Gasteiger partial charge is 0.0810 e. The Bertz CT molecular complexity index is 277. The van der Waals surface area contributed by atoms with Crippen LogP contribution in [-0.4, -0.2) is 25.8 Å². The topological polar surface area (TPSA) is 21.3 Å². The highest BCUT2D eigenvalue weighted by Crippen LogP contribution is 2.30. The molecule has 0 aromatic carbocycles. The molecule has 0 aromatic heterocycles. The Balaban J connectivity index is 2.89. The second kappa shape index (κ2) is 8.06. The molecule has 0 bridgehead atoms. The maximum atomic E-state index is 5.85. The number of hydrogen-bond donors (Lipinski definition) is 1. The van der Waals surface area contributed by atoms with Crippen molar-refractivity contribution in [2.24, 2.45) is 5.41 Å². The maximum Gasteiger partial charge on any atom is 0.0810 e. The predicted octanol–water partition coefficient (Wildman–Crippen LogP) is 4.31. The molecule has 0 heterocycles. The van der Waals surface area contributed by atoms with Gasteiger partial charge in [-0.1, -0.05) is 52.2 Å². The Morgan fingerprint density at radius 2 is 1.89 bits per heavy atom. The van der Waals surface area contributed by atoms with Crippen molar-refractivity contribution in [2.75, 3.05) is 13.7 Å². The van der Waals surface area contributed by atoms with Crippen LogP contribution in [0.1, 0.15) is 66.2 Å². The van der Waals surface area contributed by atoms with Crippen LogP contribution in [0.4, 0.5) is 0 Å². The summed E-state index contributed by atoms with van der Waals surface area (Å²) >= 11 is 0. The normalized spacial score (nSPS) is 21.2. The molecule has 19 heavy (non-hydrogen) atoms. The average molecular weight is 267 g/mol. The number of allylic oxidation sites excluding steroid dienone is 1. The summed E-state index contributed by atoms with van der Waals surface area (Å²) in [7, 11) is 1.85. The lowest BCUT2D eigenvalue weighted by Gasteiger charge is -2.38. The summed E-state index contributed by atoms with van der Waals surface area (Å²) in [5.41, 5.74) is 1.73. The highest BCUT2D eigenvalue weighted by molar-refractivity contribution is 5.15. The number of nitrogens with one attached hydrogen (secondary N) is 1. The molecule has 1 aliphatic rings. The monoisotopic (exact) mass is 267 g/mol. The summed E-state index contributed by atoms with van der Waals surface area (Å²) in [5, 5.41) is 3.66. The van der Waals surface area contributed by atoms with E-state index in [2.05, 4.69) is 39.1 Å². The summed E-state index contributed by atoms with van der Waals surface area (Å²) in [6.45, 7) is 10.0. The van der Waals surface area contributed by atoms with Gasteiger partial charge in [0, 0.05) is 7.11 Å². The van der Waals surface area contributed by atoms with Crippen LogP contribution in [0.25, 0.3) is 0 Å². The molecule has 0 spiro atoms. The van der Waals surface area contributed by atoms with Crippen molar-refractivity contribution in [3.05, 3.63) is 11.6 Å². The van der Waals surface area contributed by atoms with E-state index in [1.165, 1.54) is 38.5 Å². The van der Waals surface area contributed by atoms with Crippen LogP contribution in [0.2, 0.25) is 0 Å². The lowest BCUT2D eigenvalue weighted by atomic mass is 9.80. The van der Waals surface area contributed by atoms with Crippen molar-refractivity contribution in [2.45, 2.75) is 78.4 Å². The molecule has 1 N–H and O–H groups in total. The van der Waals surface area contributed by atoms with Gasteiger partial charge in [0.2, 0.25) is 0 Å². The largest absolute Gasteiger partial charge is 0.379 e. The third-order valence-corrected chi connectivity index (χ3v) is 4.06. The number of methoxy groups -OCH3 is 1. The lowest BCUT2D eigenvalue weighted by molar-refractivity contribution is -0.00290. The van der Waals surface area contributed by atoms with Crippen molar-refractivity contribution >= 4 is 0 Å². The Hall–Kier alpha value is -0.340. The molecule has 0 saturated heterocycles. The molecule has 0 amide bonds. The molecule has 2 unspecified atom stereocenters. The fourth-order valence-electron chi connectivity index (χ4n) is 3.14. The minimum Gasteiger partial charge on any atom is -0.379 e. The van der Waals surface area contributed by atoms with Crippen molar-refractivity contribution in [1.82, 2.24) is 5.32 Å². The molecule has 1 aliphatic carbocycles. The fraction of sp³-hybridized carbons (Fsp3) is 0.882. The lowest BCUT2D eigenvalue weighted by Crippen LogP contribution is -2.48. The zero-order chi connectivity index (χ0) is 14.3. The molecule has 0 radical (unpaired) electrons. The van der Waals surface area contributed by atoms with E-state index >= 15 is 0 Å². The number of rotatable bonds is 5. The average Bonchev–Trinajstić information content (AvgIpc) is 2.27. The molecular formula is C17H33NO. The van der Waals surface area contributed by atoms with Crippen molar-refractivity contribution in [3.8, 4) is 0 Å². The number of likely N-dealkylation sites (N-methyl/N-ethyl adjacent to an activating group) is 1. The summed E-state index contributed by atoms with van der Waals surface area (Å²) in [5.74, 6) is 0. The molecule has 2 heteroatoms. The van der Waals surface area contributed by atoms with Gasteiger partial charge in [-0.3, -0.25) is 0 Å². The van der Waals surface area contributed by atoms with Gasteiger partial charge in [-0.25, -0.2) is 0 Å². The molecule has 112 valence electrons. The van der Waals surface area contributed by atoms with Gasteiger partial charge in [0.25, 0.3) is 0 Å². The number of hydrogen-bond acceptors (Lipinski definition) is 2. The SMILES string of the molecule is CCNC(C1=CCCCCCC1)C(OC)C(C)(C)C. The molecular weight excluding hydrogens is 234 g/mol. The van der Waals surface area contributed by atoms with Crippen molar-refractivity contribution in [1.29, 1.82) is 0 Å². The van der Waals surface area contributed by atoms with E-state index in [1.807, 2.05) is 7.11 Å². The number of ether oxygens (including phenoxy) is 1. The first-order valence-corrected chi connectivity index (χ1v) is 7.95. The van der Waals surface area contributed by atoms with E-state index in [0.29, 0.717) is 6.04 Å². The Morgan fingerprint density at radius 1 is 1.21 bits per heavy atom. The van der Waals surface area contributed by atoms with Gasteiger partial charge in [0.05, 0.1) is 12.1 Å². The summed E-state index contributed by atoms with van der Waals surface area (Å²) < 4.78 is 5.85. The van der Waals surface area contributed by atoms with Crippen LogP contribution in [0.5, 0.6) is 0 Å². The van der Waals surface area contributed by atoms with E-state index in [-0.39, 0.29) is 11.5 Å². The van der Waals surface area contributed by atoms with Gasteiger partial charge >= 0.3 is 0 Å². The van der Waals surface area contributed by atoms with Crippen LogP contribution < -0.4 is 5.32 Å². The van der Waals surface area contributed by atoms with Crippen LogP contribution >= 0.6 is 0 Å². The van der Waals surface area contributed by atoms with E-state index < -0.39 is 0 Å². The summed E-state index contributed by atoms with van der Waals surface area (Å²) in [4.78, 5) is 0. The predicted molar refractivity (Wildman–Crippen MR) is 83.5 cm³/mol. The minimum absolute atomic E-state index is 0.158. The Labute approximate surface area is 120 Å². The molecule has 0 fully saturated rings. The van der Waals surface area contributed by atoms with E-state index in [0.717, 1.165) is 6.54 Å². The maximum absolute atomic E-state index is 5.85. The molecule has 1 rings (SSSR count). The zero-order valence-electron chi connectivity index (χ0n) is 13.6. The van der Waals surface area contributed by atoms with Crippen LogP contribution in [0, 0.1) is 5.41 Å². The molecule has 2 atom stereocenters. The fourth-order valence-corrected chi connectivity index (χ4v) is 3.14. The van der Waals surface area contributed by atoms with E-state index in [1.54, 1.807) is 5.57 Å². The Morgan fingerprint density at radius 3 is 2.47 bits per heavy atom. The third-order valence-electron chi connectivity index (χ3n) is 4.06. The van der Waals surface area contributed by atoms with Gasteiger partial charge in [-0.15, -0.1) is 0 Å². The molecule has 2 nitrogen and oxygen atoms in total. The van der Waals surface area contributed by atoms with Gasteiger partial charge in [0.15, 0.2) is 0 Å². The highest BCUT2D eigenvalue weighted by Gasteiger charge is 2.33. The zero-order valence-corrected chi connectivity index (χ0v) is 13.6.